The maximum atomic E-state index is 9.56. The number of nitrogens with one attached hydrogen (secondary N) is 1. The topological polar surface area (TPSA) is 35.5 Å². The van der Waals surface area contributed by atoms with E-state index in [2.05, 4.69) is 47.5 Å². The molecule has 1 aliphatic heterocycles. The number of nitrogens with zero attached hydrogens (tertiary/aromatic N) is 1. The first-order valence-electron chi connectivity index (χ1n) is 7.33. The van der Waals surface area contributed by atoms with Crippen LogP contribution in [0.5, 0.6) is 0 Å². The normalized spacial score (nSPS) is 21.2. The third-order valence-electron chi connectivity index (χ3n) is 4.14. The average molecular weight is 262 g/mol. The van der Waals surface area contributed by atoms with Gasteiger partial charge in [0, 0.05) is 25.7 Å². The number of rotatable bonds is 5. The number of piperidine rings is 1. The summed E-state index contributed by atoms with van der Waals surface area (Å²) in [4.78, 5) is 2.48. The van der Waals surface area contributed by atoms with E-state index < -0.39 is 0 Å². The van der Waals surface area contributed by atoms with Gasteiger partial charge in [-0.3, -0.25) is 0 Å². The second kappa shape index (κ2) is 7.04. The Balaban J connectivity index is 1.92. The van der Waals surface area contributed by atoms with E-state index in [0.717, 1.165) is 32.5 Å². The molecule has 2 atom stereocenters. The van der Waals surface area contributed by atoms with Crippen molar-refractivity contribution in [3.63, 3.8) is 0 Å². The summed E-state index contributed by atoms with van der Waals surface area (Å²) < 4.78 is 0. The molecule has 0 amide bonds. The minimum absolute atomic E-state index is 0.0826. The molecule has 1 saturated heterocycles. The van der Waals surface area contributed by atoms with E-state index in [9.17, 15) is 5.11 Å². The summed E-state index contributed by atoms with van der Waals surface area (Å²) in [7, 11) is 2.04. The molecule has 2 N–H and O–H groups in total. The van der Waals surface area contributed by atoms with Crippen LogP contribution in [0, 0.1) is 5.92 Å². The predicted molar refractivity (Wildman–Crippen MR) is 79.1 cm³/mol. The molecule has 2 rings (SSSR count). The third-order valence-corrected chi connectivity index (χ3v) is 4.14. The Morgan fingerprint density at radius 2 is 1.89 bits per heavy atom. The van der Waals surface area contributed by atoms with Crippen LogP contribution in [0.3, 0.4) is 0 Å². The fraction of sp³-hybridized carbons (Fsp3) is 0.625. The van der Waals surface area contributed by atoms with Crippen LogP contribution in [0.25, 0.3) is 0 Å². The molecule has 3 nitrogen and oxygen atoms in total. The number of benzene rings is 1. The first kappa shape index (κ1) is 14.5. The van der Waals surface area contributed by atoms with Crippen molar-refractivity contribution in [2.24, 2.45) is 5.92 Å². The van der Waals surface area contributed by atoms with Crippen LogP contribution in [0.2, 0.25) is 0 Å². The molecule has 0 spiro atoms. The Bertz CT molecular complexity index is 360. The van der Waals surface area contributed by atoms with Crippen molar-refractivity contribution in [2.75, 3.05) is 26.7 Å². The van der Waals surface area contributed by atoms with Crippen LogP contribution in [0.15, 0.2) is 30.3 Å². The van der Waals surface area contributed by atoms with Gasteiger partial charge in [-0.1, -0.05) is 37.3 Å². The third kappa shape index (κ3) is 4.03. The van der Waals surface area contributed by atoms with E-state index in [0.29, 0.717) is 12.0 Å². The fourth-order valence-electron chi connectivity index (χ4n) is 3.05. The molecule has 1 aliphatic rings. The number of aliphatic hydroxyl groups excluding tert-OH is 1. The second-order valence-electron chi connectivity index (χ2n) is 5.69. The SMILES string of the molecule is CN[C@@H](c1ccccc1)[C@@H](C)CN1CCC(O)CC1. The fourth-order valence-corrected chi connectivity index (χ4v) is 3.05. The van der Waals surface area contributed by atoms with Gasteiger partial charge in [-0.2, -0.15) is 0 Å². The van der Waals surface area contributed by atoms with E-state index in [4.69, 9.17) is 0 Å². The first-order chi connectivity index (χ1) is 9.20. The summed E-state index contributed by atoms with van der Waals surface area (Å²) in [6.45, 7) is 5.44. The molecule has 0 aromatic heterocycles. The van der Waals surface area contributed by atoms with Gasteiger partial charge in [0.05, 0.1) is 6.10 Å². The average Bonchev–Trinajstić information content (AvgIpc) is 2.43. The molecule has 0 aliphatic carbocycles. The van der Waals surface area contributed by atoms with Crippen LogP contribution in [-0.2, 0) is 0 Å². The maximum absolute atomic E-state index is 9.56. The molecule has 0 bridgehead atoms. The van der Waals surface area contributed by atoms with Crippen molar-refractivity contribution in [2.45, 2.75) is 31.9 Å². The molecule has 1 aromatic carbocycles. The lowest BCUT2D eigenvalue weighted by atomic mass is 9.93. The van der Waals surface area contributed by atoms with Gasteiger partial charge in [0.15, 0.2) is 0 Å². The first-order valence-corrected chi connectivity index (χ1v) is 7.33. The van der Waals surface area contributed by atoms with Crippen molar-refractivity contribution >= 4 is 0 Å². The molecule has 1 heterocycles. The predicted octanol–water partition coefficient (Wildman–Crippen LogP) is 2.04. The Morgan fingerprint density at radius 1 is 1.26 bits per heavy atom. The zero-order chi connectivity index (χ0) is 13.7. The lowest BCUT2D eigenvalue weighted by molar-refractivity contribution is 0.0728. The van der Waals surface area contributed by atoms with E-state index in [1.807, 2.05) is 7.05 Å². The van der Waals surface area contributed by atoms with Gasteiger partial charge in [0.1, 0.15) is 0 Å². The highest BCUT2D eigenvalue weighted by Crippen LogP contribution is 2.23. The lowest BCUT2D eigenvalue weighted by Gasteiger charge is -2.34. The minimum atomic E-state index is -0.0826. The van der Waals surface area contributed by atoms with Crippen molar-refractivity contribution in [3.05, 3.63) is 35.9 Å². The Hall–Kier alpha value is -0.900. The van der Waals surface area contributed by atoms with E-state index in [1.54, 1.807) is 0 Å². The maximum Gasteiger partial charge on any atom is 0.0564 e. The summed E-state index contributed by atoms with van der Waals surface area (Å²) in [5, 5.41) is 13.0. The van der Waals surface area contributed by atoms with Crippen LogP contribution in [0.1, 0.15) is 31.4 Å². The molecular weight excluding hydrogens is 236 g/mol. The Kier molecular flexibility index (Phi) is 5.37. The second-order valence-corrected chi connectivity index (χ2v) is 5.69. The van der Waals surface area contributed by atoms with Crippen molar-refractivity contribution in [1.82, 2.24) is 10.2 Å². The highest BCUT2D eigenvalue weighted by Gasteiger charge is 2.23. The van der Waals surface area contributed by atoms with Crippen LogP contribution >= 0.6 is 0 Å². The lowest BCUT2D eigenvalue weighted by Crippen LogP contribution is -2.40. The molecule has 19 heavy (non-hydrogen) atoms. The summed E-state index contributed by atoms with van der Waals surface area (Å²) >= 11 is 0. The summed E-state index contributed by atoms with van der Waals surface area (Å²) in [6.07, 6.45) is 1.76. The van der Waals surface area contributed by atoms with E-state index in [1.165, 1.54) is 5.56 Å². The van der Waals surface area contributed by atoms with E-state index >= 15 is 0 Å². The molecule has 0 radical (unpaired) electrons. The molecular formula is C16H26N2O. The van der Waals surface area contributed by atoms with Gasteiger partial charge in [0.25, 0.3) is 0 Å². The van der Waals surface area contributed by atoms with Gasteiger partial charge >= 0.3 is 0 Å². The summed E-state index contributed by atoms with van der Waals surface area (Å²) in [5.41, 5.74) is 1.36. The molecule has 3 heteroatoms. The summed E-state index contributed by atoms with van der Waals surface area (Å²) in [5.74, 6) is 0.558. The summed E-state index contributed by atoms with van der Waals surface area (Å²) in [6, 6.07) is 11.0. The molecule has 1 fully saturated rings. The Labute approximate surface area is 116 Å². The van der Waals surface area contributed by atoms with Crippen LogP contribution in [-0.4, -0.2) is 42.8 Å². The number of hydrogen-bond donors (Lipinski definition) is 2. The molecule has 1 aromatic rings. The highest BCUT2D eigenvalue weighted by molar-refractivity contribution is 5.19. The smallest absolute Gasteiger partial charge is 0.0564 e. The number of aliphatic hydroxyl groups is 1. The van der Waals surface area contributed by atoms with E-state index in [-0.39, 0.29) is 6.10 Å². The van der Waals surface area contributed by atoms with Crippen molar-refractivity contribution in [3.8, 4) is 0 Å². The van der Waals surface area contributed by atoms with Crippen LogP contribution in [0.4, 0.5) is 0 Å². The van der Waals surface area contributed by atoms with Crippen molar-refractivity contribution < 1.29 is 5.11 Å². The molecule has 0 saturated carbocycles. The number of likely N-dealkylation sites (tertiary alicyclic amines) is 1. The number of hydrogen-bond acceptors (Lipinski definition) is 3. The largest absolute Gasteiger partial charge is 0.393 e. The minimum Gasteiger partial charge on any atom is -0.393 e. The van der Waals surface area contributed by atoms with Gasteiger partial charge in [0.2, 0.25) is 0 Å². The monoisotopic (exact) mass is 262 g/mol. The van der Waals surface area contributed by atoms with Gasteiger partial charge in [-0.05, 0) is 31.4 Å². The molecule has 106 valence electrons. The van der Waals surface area contributed by atoms with Crippen molar-refractivity contribution in [1.29, 1.82) is 0 Å². The molecule has 0 unspecified atom stereocenters. The standard InChI is InChI=1S/C16H26N2O/c1-13(12-18-10-8-15(19)9-11-18)16(17-2)14-6-4-3-5-7-14/h3-7,13,15-17,19H,8-12H2,1-2H3/t13-,16+/m0/s1. The Morgan fingerprint density at radius 3 is 2.47 bits per heavy atom. The van der Waals surface area contributed by atoms with Gasteiger partial charge in [-0.15, -0.1) is 0 Å². The van der Waals surface area contributed by atoms with Gasteiger partial charge < -0.3 is 15.3 Å². The van der Waals surface area contributed by atoms with Crippen LogP contribution < -0.4 is 5.32 Å². The highest BCUT2D eigenvalue weighted by atomic mass is 16.3. The quantitative estimate of drug-likeness (QED) is 0.852. The van der Waals surface area contributed by atoms with Gasteiger partial charge in [-0.25, -0.2) is 0 Å². The zero-order valence-corrected chi connectivity index (χ0v) is 12.0. The zero-order valence-electron chi connectivity index (χ0n) is 12.0.